The molecule has 0 N–H and O–H groups in total. The second-order valence-corrected chi connectivity index (χ2v) is 6.69. The maximum atomic E-state index is 11.0. The Balaban J connectivity index is 2.30. The van der Waals surface area contributed by atoms with Crippen molar-refractivity contribution in [2.45, 2.75) is 78.9 Å². The summed E-state index contributed by atoms with van der Waals surface area (Å²) in [7, 11) is 0. The lowest BCUT2D eigenvalue weighted by molar-refractivity contribution is -0.121. The zero-order chi connectivity index (χ0) is 13.1. The van der Waals surface area contributed by atoms with Gasteiger partial charge in [-0.2, -0.15) is 0 Å². The molecular formula is C15H28O2. The van der Waals surface area contributed by atoms with Crippen molar-refractivity contribution >= 4 is 5.78 Å². The summed E-state index contributed by atoms with van der Waals surface area (Å²) in [5.74, 6) is 1.05. The van der Waals surface area contributed by atoms with Crippen LogP contribution in [0.15, 0.2) is 0 Å². The highest BCUT2D eigenvalue weighted by atomic mass is 16.5. The number of rotatable bonds is 4. The van der Waals surface area contributed by atoms with Crippen LogP contribution in [0.4, 0.5) is 0 Å². The van der Waals surface area contributed by atoms with Gasteiger partial charge >= 0.3 is 0 Å². The van der Waals surface area contributed by atoms with Crippen LogP contribution in [0, 0.1) is 11.3 Å². The van der Waals surface area contributed by atoms with Gasteiger partial charge in [0.2, 0.25) is 0 Å². The Morgan fingerprint density at radius 2 is 1.76 bits per heavy atom. The van der Waals surface area contributed by atoms with Gasteiger partial charge in [-0.1, -0.05) is 20.8 Å². The lowest BCUT2D eigenvalue weighted by atomic mass is 9.72. The molecular weight excluding hydrogens is 212 g/mol. The molecule has 0 aromatic rings. The molecule has 2 heteroatoms. The van der Waals surface area contributed by atoms with Crippen LogP contribution in [0.3, 0.4) is 0 Å². The van der Waals surface area contributed by atoms with E-state index in [0.717, 1.165) is 18.8 Å². The first-order valence-electron chi connectivity index (χ1n) is 6.94. The first-order valence-corrected chi connectivity index (χ1v) is 6.94. The third kappa shape index (κ3) is 5.20. The van der Waals surface area contributed by atoms with E-state index in [9.17, 15) is 4.79 Å². The molecule has 1 fully saturated rings. The highest BCUT2D eigenvalue weighted by Crippen LogP contribution is 2.38. The number of hydrogen-bond donors (Lipinski definition) is 0. The fourth-order valence-corrected chi connectivity index (χ4v) is 2.85. The zero-order valence-electron chi connectivity index (χ0n) is 12.1. The maximum absolute atomic E-state index is 11.0. The van der Waals surface area contributed by atoms with Crippen molar-refractivity contribution in [1.82, 2.24) is 0 Å². The summed E-state index contributed by atoms with van der Waals surface area (Å²) in [5, 5.41) is 0. The van der Waals surface area contributed by atoms with Gasteiger partial charge in [0.15, 0.2) is 0 Å². The van der Waals surface area contributed by atoms with Crippen molar-refractivity contribution in [3.8, 4) is 0 Å². The number of Topliss-reactive ketones (excluding diaryl/α,β-unsaturated/α-hetero) is 1. The van der Waals surface area contributed by atoms with Crippen LogP contribution in [0.5, 0.6) is 0 Å². The molecule has 17 heavy (non-hydrogen) atoms. The number of carbonyl (C=O) groups excluding carboxylic acids is 1. The Kier molecular flexibility index (Phi) is 5.18. The van der Waals surface area contributed by atoms with Crippen molar-refractivity contribution in [1.29, 1.82) is 0 Å². The number of ether oxygens (including phenoxy) is 1. The fourth-order valence-electron chi connectivity index (χ4n) is 2.85. The molecule has 100 valence electrons. The molecule has 1 saturated carbocycles. The number of carbonyl (C=O) groups is 1. The molecule has 1 aliphatic rings. The molecule has 0 saturated heterocycles. The lowest BCUT2D eigenvalue weighted by Crippen LogP contribution is -2.31. The molecule has 0 heterocycles. The highest BCUT2D eigenvalue weighted by molar-refractivity contribution is 5.75. The van der Waals surface area contributed by atoms with Crippen molar-refractivity contribution in [3.05, 3.63) is 0 Å². The third-order valence-corrected chi connectivity index (χ3v) is 3.90. The Bertz CT molecular complexity index is 244. The molecule has 1 atom stereocenters. The van der Waals surface area contributed by atoms with Crippen LogP contribution >= 0.6 is 0 Å². The van der Waals surface area contributed by atoms with E-state index >= 15 is 0 Å². The number of ketones is 1. The quantitative estimate of drug-likeness (QED) is 0.743. The van der Waals surface area contributed by atoms with Crippen LogP contribution < -0.4 is 0 Å². The summed E-state index contributed by atoms with van der Waals surface area (Å²) in [6, 6.07) is 0. The minimum Gasteiger partial charge on any atom is -0.375 e. The van der Waals surface area contributed by atoms with Crippen LogP contribution in [0.1, 0.15) is 66.7 Å². The minimum atomic E-state index is 0.0867. The predicted molar refractivity (Wildman–Crippen MR) is 71.0 cm³/mol. The second kappa shape index (κ2) is 5.99. The molecule has 1 rings (SSSR count). The van der Waals surface area contributed by atoms with Gasteiger partial charge in [-0.25, -0.2) is 0 Å². The van der Waals surface area contributed by atoms with Crippen LogP contribution in [0.25, 0.3) is 0 Å². The molecule has 0 aromatic carbocycles. The molecule has 0 bridgehead atoms. The summed E-state index contributed by atoms with van der Waals surface area (Å²) in [6.45, 7) is 10.6. The van der Waals surface area contributed by atoms with Gasteiger partial charge in [0.05, 0.1) is 12.2 Å². The van der Waals surface area contributed by atoms with Gasteiger partial charge in [0.25, 0.3) is 0 Å². The smallest absolute Gasteiger partial charge is 0.132 e. The monoisotopic (exact) mass is 240 g/mol. The van der Waals surface area contributed by atoms with E-state index in [1.54, 1.807) is 6.92 Å². The summed E-state index contributed by atoms with van der Waals surface area (Å²) in [4.78, 5) is 11.0. The van der Waals surface area contributed by atoms with E-state index < -0.39 is 0 Å². The van der Waals surface area contributed by atoms with E-state index in [1.807, 2.05) is 6.92 Å². The average Bonchev–Trinajstić information content (AvgIpc) is 2.15. The van der Waals surface area contributed by atoms with Crippen LogP contribution in [0.2, 0.25) is 0 Å². The molecule has 0 aliphatic heterocycles. The average molecular weight is 240 g/mol. The van der Waals surface area contributed by atoms with Crippen LogP contribution in [-0.4, -0.2) is 18.0 Å². The summed E-state index contributed by atoms with van der Waals surface area (Å²) < 4.78 is 5.94. The molecule has 1 aliphatic carbocycles. The fraction of sp³-hybridized carbons (Fsp3) is 0.933. The van der Waals surface area contributed by atoms with Gasteiger partial charge < -0.3 is 4.74 Å². The third-order valence-electron chi connectivity index (χ3n) is 3.90. The largest absolute Gasteiger partial charge is 0.375 e. The second-order valence-electron chi connectivity index (χ2n) is 6.69. The van der Waals surface area contributed by atoms with Crippen molar-refractivity contribution < 1.29 is 9.53 Å². The first kappa shape index (κ1) is 14.7. The van der Waals surface area contributed by atoms with Gasteiger partial charge in [0.1, 0.15) is 5.78 Å². The van der Waals surface area contributed by atoms with Gasteiger partial charge in [-0.05, 0) is 50.9 Å². The Morgan fingerprint density at radius 1 is 1.24 bits per heavy atom. The Morgan fingerprint density at radius 3 is 2.18 bits per heavy atom. The standard InChI is InChI=1S/C15H28O2/c1-11(16)10-12(2)17-14-8-6-13(7-9-14)15(3,4)5/h12-14H,6-10H2,1-5H3/t12-,13?,14?/m1/s1. The van der Waals surface area contributed by atoms with E-state index in [2.05, 4.69) is 20.8 Å². The van der Waals surface area contributed by atoms with E-state index in [0.29, 0.717) is 17.9 Å². The SMILES string of the molecule is CC(=O)C[C@@H](C)OC1CCC(C(C)(C)C)CC1. The summed E-state index contributed by atoms with van der Waals surface area (Å²) >= 11 is 0. The normalized spacial score (nSPS) is 27.8. The minimum absolute atomic E-state index is 0.0867. The topological polar surface area (TPSA) is 26.3 Å². The van der Waals surface area contributed by atoms with E-state index in [-0.39, 0.29) is 11.9 Å². The highest BCUT2D eigenvalue weighted by Gasteiger charge is 2.30. The van der Waals surface area contributed by atoms with E-state index in [4.69, 9.17) is 4.74 Å². The molecule has 0 aromatic heterocycles. The molecule has 0 unspecified atom stereocenters. The Hall–Kier alpha value is -0.370. The van der Waals surface area contributed by atoms with Gasteiger partial charge in [-0.3, -0.25) is 4.79 Å². The summed E-state index contributed by atoms with van der Waals surface area (Å²) in [5.41, 5.74) is 0.427. The van der Waals surface area contributed by atoms with Crippen molar-refractivity contribution in [2.24, 2.45) is 11.3 Å². The number of hydrogen-bond acceptors (Lipinski definition) is 2. The lowest BCUT2D eigenvalue weighted by Gasteiger charge is -2.37. The van der Waals surface area contributed by atoms with Gasteiger partial charge in [-0.15, -0.1) is 0 Å². The van der Waals surface area contributed by atoms with Crippen LogP contribution in [-0.2, 0) is 9.53 Å². The van der Waals surface area contributed by atoms with Crippen molar-refractivity contribution in [2.75, 3.05) is 0 Å². The van der Waals surface area contributed by atoms with E-state index in [1.165, 1.54) is 12.8 Å². The maximum Gasteiger partial charge on any atom is 0.132 e. The molecule has 0 spiro atoms. The molecule has 0 radical (unpaired) electrons. The summed E-state index contributed by atoms with van der Waals surface area (Å²) in [6.07, 6.45) is 5.86. The predicted octanol–water partition coefficient (Wildman–Crippen LogP) is 3.98. The van der Waals surface area contributed by atoms with Crippen molar-refractivity contribution in [3.63, 3.8) is 0 Å². The zero-order valence-corrected chi connectivity index (χ0v) is 12.1. The molecule has 0 amide bonds. The Labute approximate surface area is 106 Å². The first-order chi connectivity index (χ1) is 7.79. The van der Waals surface area contributed by atoms with Gasteiger partial charge in [0, 0.05) is 6.42 Å². The molecule has 2 nitrogen and oxygen atoms in total.